The van der Waals surface area contributed by atoms with Crippen LogP contribution in [0.15, 0.2) is 24.3 Å². The molecular weight excluding hydrogens is 472 g/mol. The Morgan fingerprint density at radius 1 is 1.14 bits per heavy atom. The summed E-state index contributed by atoms with van der Waals surface area (Å²) < 4.78 is 83.1. The van der Waals surface area contributed by atoms with Gasteiger partial charge in [-0.25, -0.2) is 8.78 Å². The lowest BCUT2D eigenvalue weighted by atomic mass is 9.84. The lowest BCUT2D eigenvalue weighted by Crippen LogP contribution is -2.54. The number of halogens is 6. The summed E-state index contributed by atoms with van der Waals surface area (Å²) in [6, 6.07) is 3.73. The number of rotatable bonds is 8. The van der Waals surface area contributed by atoms with Crippen LogP contribution in [0, 0.1) is 17.0 Å². The average molecular weight is 500 g/mol. The number of nitrogens with zero attached hydrogens (tertiary/aromatic N) is 2. The van der Waals surface area contributed by atoms with Crippen molar-refractivity contribution in [2.45, 2.75) is 31.1 Å². The molecule has 2 aliphatic heterocycles. The van der Waals surface area contributed by atoms with E-state index in [0.29, 0.717) is 42.7 Å². The van der Waals surface area contributed by atoms with Crippen LogP contribution in [0.2, 0.25) is 0 Å². The van der Waals surface area contributed by atoms with Gasteiger partial charge in [0.1, 0.15) is 11.6 Å². The van der Waals surface area contributed by atoms with Gasteiger partial charge in [0.2, 0.25) is 0 Å². The van der Waals surface area contributed by atoms with Gasteiger partial charge < -0.3 is 16.5 Å². The molecule has 1 unspecified atom stereocenters. The van der Waals surface area contributed by atoms with Crippen molar-refractivity contribution >= 4 is 17.6 Å². The van der Waals surface area contributed by atoms with Crippen LogP contribution >= 0.6 is 0 Å². The Hall–Kier alpha value is -2.79. The second-order valence-electron chi connectivity index (χ2n) is 9.02. The molecule has 2 aliphatic rings. The maximum absolute atomic E-state index is 15.4. The van der Waals surface area contributed by atoms with Gasteiger partial charge in [-0.05, 0) is 42.2 Å². The Morgan fingerprint density at radius 3 is 2.43 bits per heavy atom. The molecule has 2 heterocycles. The van der Waals surface area contributed by atoms with Gasteiger partial charge in [0, 0.05) is 54.9 Å². The first kappa shape index (κ1) is 25.3. The fraction of sp³-hybridized carbons (Fsp3) is 0.458. The molecule has 4 N–H and O–H groups in total. The van der Waals surface area contributed by atoms with Crippen LogP contribution < -0.4 is 11.1 Å². The van der Waals surface area contributed by atoms with Crippen molar-refractivity contribution in [3.05, 3.63) is 58.2 Å². The average Bonchev–Trinajstić information content (AvgIpc) is 2.75. The third kappa shape index (κ3) is 5.40. The minimum atomic E-state index is -4.57. The smallest absolute Gasteiger partial charge is 0.398 e. The van der Waals surface area contributed by atoms with E-state index in [2.05, 4.69) is 5.32 Å². The highest BCUT2D eigenvalue weighted by Gasteiger charge is 2.40. The van der Waals surface area contributed by atoms with Crippen molar-refractivity contribution in [2.24, 2.45) is 0 Å². The Kier molecular flexibility index (Phi) is 7.27. The molecule has 0 saturated carbocycles. The summed E-state index contributed by atoms with van der Waals surface area (Å²) in [5.41, 5.74) is 7.10. The molecule has 1 saturated heterocycles. The SMILES string of the molecule is N=Cc1c(N)ccc2c1CCN(CC(F)(F)F)C2c1c(F)cc(NC2CN(CCCF)C2)cc1F. The molecule has 4 rings (SSSR count). The highest BCUT2D eigenvalue weighted by Crippen LogP contribution is 2.41. The Bertz CT molecular complexity index is 1060. The van der Waals surface area contributed by atoms with Crippen molar-refractivity contribution in [3.8, 4) is 0 Å². The Morgan fingerprint density at radius 2 is 1.83 bits per heavy atom. The molecule has 0 radical (unpaired) electrons. The number of hydrogen-bond donors (Lipinski definition) is 3. The number of likely N-dealkylation sites (tertiary alicyclic amines) is 1. The zero-order valence-electron chi connectivity index (χ0n) is 18.9. The number of fused-ring (bicyclic) bond motifs is 1. The quantitative estimate of drug-likeness (QED) is 0.284. The van der Waals surface area contributed by atoms with E-state index in [1.807, 2.05) is 4.90 Å². The number of hydrogen-bond acceptors (Lipinski definition) is 5. The van der Waals surface area contributed by atoms with Crippen LogP contribution in [0.3, 0.4) is 0 Å². The lowest BCUT2D eigenvalue weighted by Gasteiger charge is -2.40. The van der Waals surface area contributed by atoms with Crippen LogP contribution in [0.4, 0.5) is 37.7 Å². The Balaban J connectivity index is 1.66. The largest absolute Gasteiger partial charge is 0.401 e. The van der Waals surface area contributed by atoms with E-state index in [0.717, 1.165) is 23.2 Å². The van der Waals surface area contributed by atoms with Crippen molar-refractivity contribution in [1.82, 2.24) is 9.80 Å². The van der Waals surface area contributed by atoms with Crippen molar-refractivity contribution < 1.29 is 26.3 Å². The standard InChI is InChI=1S/C24H27F6N5/c25-5-1-6-34-11-15(12-34)33-14-8-19(26)22(20(27)9-14)23-17-2-3-21(32)18(10-31)16(17)4-7-35(23)13-24(28,29)30/h2-3,8-10,15,23,31,33H,1,4-7,11-13,32H2. The van der Waals surface area contributed by atoms with Crippen molar-refractivity contribution in [1.29, 1.82) is 5.41 Å². The van der Waals surface area contributed by atoms with Gasteiger partial charge in [-0.2, -0.15) is 13.2 Å². The predicted octanol–water partition coefficient (Wildman–Crippen LogP) is 4.51. The van der Waals surface area contributed by atoms with Gasteiger partial charge in [0.15, 0.2) is 0 Å². The van der Waals surface area contributed by atoms with E-state index in [4.69, 9.17) is 11.1 Å². The zero-order valence-corrected chi connectivity index (χ0v) is 18.9. The summed E-state index contributed by atoms with van der Waals surface area (Å²) in [6.07, 6.45) is -2.96. The highest BCUT2D eigenvalue weighted by molar-refractivity contribution is 5.88. The molecule has 35 heavy (non-hydrogen) atoms. The molecule has 190 valence electrons. The van der Waals surface area contributed by atoms with E-state index in [1.165, 1.54) is 12.1 Å². The van der Waals surface area contributed by atoms with Crippen LogP contribution in [-0.2, 0) is 6.42 Å². The van der Waals surface area contributed by atoms with Gasteiger partial charge in [-0.1, -0.05) is 6.07 Å². The molecular formula is C24H27F6N5. The molecule has 0 spiro atoms. The molecule has 2 aromatic carbocycles. The predicted molar refractivity (Wildman–Crippen MR) is 123 cm³/mol. The molecule has 0 aromatic heterocycles. The first-order valence-corrected chi connectivity index (χ1v) is 11.4. The molecule has 0 bridgehead atoms. The van der Waals surface area contributed by atoms with E-state index in [9.17, 15) is 17.6 Å². The van der Waals surface area contributed by atoms with E-state index < -0.39 is 42.6 Å². The highest BCUT2D eigenvalue weighted by atomic mass is 19.4. The van der Waals surface area contributed by atoms with Crippen LogP contribution in [-0.4, -0.2) is 67.6 Å². The van der Waals surface area contributed by atoms with E-state index >= 15 is 8.78 Å². The summed E-state index contributed by atoms with van der Waals surface area (Å²) in [4.78, 5) is 3.02. The minimum absolute atomic E-state index is 0.0606. The van der Waals surface area contributed by atoms with E-state index in [-0.39, 0.29) is 30.4 Å². The third-order valence-electron chi connectivity index (χ3n) is 6.55. The Labute approximate surface area is 199 Å². The second-order valence-corrected chi connectivity index (χ2v) is 9.02. The summed E-state index contributed by atoms with van der Waals surface area (Å²) in [5, 5.41) is 10.7. The molecule has 1 atom stereocenters. The molecule has 5 nitrogen and oxygen atoms in total. The first-order valence-electron chi connectivity index (χ1n) is 11.4. The number of anilines is 2. The molecule has 1 fully saturated rings. The maximum atomic E-state index is 15.4. The maximum Gasteiger partial charge on any atom is 0.401 e. The molecule has 0 amide bonds. The number of benzene rings is 2. The summed E-state index contributed by atoms with van der Waals surface area (Å²) >= 11 is 0. The number of alkyl halides is 4. The van der Waals surface area contributed by atoms with Crippen LogP contribution in [0.25, 0.3) is 0 Å². The monoisotopic (exact) mass is 499 g/mol. The van der Waals surface area contributed by atoms with Gasteiger partial charge >= 0.3 is 6.18 Å². The lowest BCUT2D eigenvalue weighted by molar-refractivity contribution is -0.150. The van der Waals surface area contributed by atoms with Gasteiger partial charge in [-0.3, -0.25) is 14.2 Å². The molecule has 2 aromatic rings. The first-order chi connectivity index (χ1) is 16.6. The normalized spacial score (nSPS) is 19.3. The fourth-order valence-electron chi connectivity index (χ4n) is 5.02. The summed E-state index contributed by atoms with van der Waals surface area (Å²) in [7, 11) is 0. The number of nitrogens with one attached hydrogen (secondary N) is 2. The topological polar surface area (TPSA) is 68.4 Å². The number of nitrogens with two attached hydrogens (primary N) is 1. The minimum Gasteiger partial charge on any atom is -0.398 e. The third-order valence-corrected chi connectivity index (χ3v) is 6.55. The van der Waals surface area contributed by atoms with Crippen LogP contribution in [0.1, 0.15) is 34.7 Å². The van der Waals surface area contributed by atoms with Crippen LogP contribution in [0.5, 0.6) is 0 Å². The van der Waals surface area contributed by atoms with Crippen molar-refractivity contribution in [2.75, 3.05) is 50.4 Å². The second kappa shape index (κ2) is 10.1. The van der Waals surface area contributed by atoms with E-state index in [1.54, 1.807) is 0 Å². The summed E-state index contributed by atoms with van der Waals surface area (Å²) in [5.74, 6) is -1.92. The molecule has 11 heteroatoms. The van der Waals surface area contributed by atoms with Gasteiger partial charge in [-0.15, -0.1) is 0 Å². The van der Waals surface area contributed by atoms with Gasteiger partial charge in [0.25, 0.3) is 0 Å². The van der Waals surface area contributed by atoms with Gasteiger partial charge in [0.05, 0.1) is 25.3 Å². The van der Waals surface area contributed by atoms with Crippen molar-refractivity contribution in [3.63, 3.8) is 0 Å². The molecule has 0 aliphatic carbocycles. The number of nitrogen functional groups attached to an aromatic ring is 1. The zero-order chi connectivity index (χ0) is 25.3. The fourth-order valence-corrected chi connectivity index (χ4v) is 5.02. The summed E-state index contributed by atoms with van der Waals surface area (Å²) in [6.45, 7) is -0.0265.